The van der Waals surface area contributed by atoms with Crippen LogP contribution < -0.4 is 0 Å². The number of hydrogen-bond donors (Lipinski definition) is 0. The first kappa shape index (κ1) is 5.72. The molecule has 0 aliphatic heterocycles. The van der Waals surface area contributed by atoms with Gasteiger partial charge in [0, 0.05) is 0 Å². The van der Waals surface area contributed by atoms with Gasteiger partial charge in [-0.2, -0.15) is 10.5 Å². The van der Waals surface area contributed by atoms with E-state index in [0.29, 0.717) is 0 Å². The van der Waals surface area contributed by atoms with Crippen molar-refractivity contribution in [2.45, 2.75) is 0 Å². The third-order valence-electron chi connectivity index (χ3n) is 0.445. The van der Waals surface area contributed by atoms with E-state index in [1.54, 1.807) is 12.1 Å². The molecule has 0 rings (SSSR count). The van der Waals surface area contributed by atoms with Crippen LogP contribution >= 0.6 is 0 Å². The van der Waals surface area contributed by atoms with E-state index in [9.17, 15) is 0 Å². The van der Waals surface area contributed by atoms with Crippen LogP contribution in [-0.4, -0.2) is 0 Å². The van der Waals surface area contributed by atoms with Crippen LogP contribution in [0.2, 0.25) is 0 Å². The van der Waals surface area contributed by atoms with Gasteiger partial charge in [0.15, 0.2) is 5.92 Å². The Hall–Kier alpha value is -1.28. The van der Waals surface area contributed by atoms with E-state index < -0.39 is 0 Å². The highest BCUT2D eigenvalue weighted by Gasteiger charge is 1.95. The van der Waals surface area contributed by atoms with Crippen molar-refractivity contribution in [1.29, 1.82) is 10.5 Å². The molecule has 0 heterocycles. The standard InChI is InChI=1S/C5H3N2/c1-2-5(3-6)4-7/h2H,1H2. The van der Waals surface area contributed by atoms with Crippen molar-refractivity contribution in [2.24, 2.45) is 0 Å². The minimum absolute atomic E-state index is 0.0556. The van der Waals surface area contributed by atoms with Crippen molar-refractivity contribution in [3.63, 3.8) is 0 Å². The molecule has 0 saturated carbocycles. The average Bonchev–Trinajstić information content (AvgIpc) is 1.72. The molecular formula is C5H3N2. The minimum Gasteiger partial charge on any atom is -0.196 e. The van der Waals surface area contributed by atoms with Gasteiger partial charge in [0.05, 0.1) is 12.1 Å². The molecule has 7 heavy (non-hydrogen) atoms. The Morgan fingerprint density at radius 1 is 1.43 bits per heavy atom. The fraction of sp³-hybridized carbons (Fsp3) is 0. The summed E-state index contributed by atoms with van der Waals surface area (Å²) >= 11 is 0. The second-order valence-electron chi connectivity index (χ2n) is 0.841. The van der Waals surface area contributed by atoms with Crippen molar-refractivity contribution in [1.82, 2.24) is 0 Å². The van der Waals surface area contributed by atoms with Crippen LogP contribution in [0.25, 0.3) is 0 Å². The van der Waals surface area contributed by atoms with Crippen LogP contribution in [0.4, 0.5) is 0 Å². The van der Waals surface area contributed by atoms with Gasteiger partial charge in [-0.3, -0.25) is 0 Å². The van der Waals surface area contributed by atoms with Crippen molar-refractivity contribution in [2.75, 3.05) is 0 Å². The number of nitriles is 2. The Labute approximate surface area is 42.3 Å². The van der Waals surface area contributed by atoms with Gasteiger partial charge in [-0.1, -0.05) is 6.08 Å². The van der Waals surface area contributed by atoms with Crippen LogP contribution in [0.3, 0.4) is 0 Å². The summed E-state index contributed by atoms with van der Waals surface area (Å²) in [5, 5.41) is 15.9. The van der Waals surface area contributed by atoms with E-state index >= 15 is 0 Å². The Morgan fingerprint density at radius 3 is 1.86 bits per heavy atom. The summed E-state index contributed by atoms with van der Waals surface area (Å²) in [4.78, 5) is 0. The van der Waals surface area contributed by atoms with Crippen molar-refractivity contribution in [3.8, 4) is 12.1 Å². The molecule has 2 nitrogen and oxygen atoms in total. The predicted octanol–water partition coefficient (Wildman–Crippen LogP) is 0.794. The summed E-state index contributed by atoms with van der Waals surface area (Å²) in [5.74, 6) is 0.0556. The third-order valence-corrected chi connectivity index (χ3v) is 0.445. The molecule has 0 N–H and O–H groups in total. The maximum Gasteiger partial charge on any atom is 0.196 e. The van der Waals surface area contributed by atoms with Crippen LogP contribution in [0.5, 0.6) is 0 Å². The Bertz CT molecular complexity index is 121. The summed E-state index contributed by atoms with van der Waals surface area (Å²) in [6.45, 7) is 3.22. The Kier molecular flexibility index (Phi) is 2.40. The molecule has 0 aromatic heterocycles. The maximum absolute atomic E-state index is 7.95. The van der Waals surface area contributed by atoms with Crippen LogP contribution in [0.15, 0.2) is 12.7 Å². The lowest BCUT2D eigenvalue weighted by molar-refractivity contribution is 1.39. The zero-order chi connectivity index (χ0) is 5.70. The van der Waals surface area contributed by atoms with Gasteiger partial charge in [0.25, 0.3) is 0 Å². The zero-order valence-corrected chi connectivity index (χ0v) is 3.68. The van der Waals surface area contributed by atoms with E-state index in [1.807, 2.05) is 0 Å². The first-order chi connectivity index (χ1) is 3.35. The molecule has 0 aliphatic rings. The second kappa shape index (κ2) is 2.93. The molecule has 33 valence electrons. The molecule has 0 amide bonds. The molecule has 0 bridgehead atoms. The molecular weight excluding hydrogens is 88.1 g/mol. The average molecular weight is 91.1 g/mol. The fourth-order valence-electron chi connectivity index (χ4n) is 0.116. The summed E-state index contributed by atoms with van der Waals surface area (Å²) in [7, 11) is 0. The van der Waals surface area contributed by atoms with Crippen molar-refractivity contribution < 1.29 is 0 Å². The van der Waals surface area contributed by atoms with Gasteiger partial charge < -0.3 is 0 Å². The molecule has 0 saturated heterocycles. The van der Waals surface area contributed by atoms with E-state index in [0.717, 1.165) is 0 Å². The number of rotatable bonds is 1. The smallest absolute Gasteiger partial charge is 0.196 e. The number of hydrogen-bond acceptors (Lipinski definition) is 2. The van der Waals surface area contributed by atoms with Crippen molar-refractivity contribution >= 4 is 0 Å². The van der Waals surface area contributed by atoms with Gasteiger partial charge in [0.1, 0.15) is 0 Å². The Balaban J connectivity index is 3.73. The van der Waals surface area contributed by atoms with E-state index in [2.05, 4.69) is 6.58 Å². The van der Waals surface area contributed by atoms with Crippen LogP contribution in [0, 0.1) is 28.6 Å². The molecule has 1 radical (unpaired) electrons. The molecule has 0 fully saturated rings. The van der Waals surface area contributed by atoms with E-state index in [1.165, 1.54) is 6.08 Å². The molecule has 0 aromatic carbocycles. The van der Waals surface area contributed by atoms with Gasteiger partial charge in [0.2, 0.25) is 0 Å². The van der Waals surface area contributed by atoms with Gasteiger partial charge in [-0.05, 0) is 0 Å². The summed E-state index contributed by atoms with van der Waals surface area (Å²) in [6, 6.07) is 3.28. The highest BCUT2D eigenvalue weighted by Crippen LogP contribution is 1.91. The summed E-state index contributed by atoms with van der Waals surface area (Å²) < 4.78 is 0. The molecule has 0 atom stereocenters. The van der Waals surface area contributed by atoms with Crippen LogP contribution in [0.1, 0.15) is 0 Å². The molecule has 0 unspecified atom stereocenters. The first-order valence-corrected chi connectivity index (χ1v) is 1.64. The fourth-order valence-corrected chi connectivity index (χ4v) is 0.116. The van der Waals surface area contributed by atoms with Gasteiger partial charge >= 0.3 is 0 Å². The SMILES string of the molecule is C=C[C](C#N)C#N. The topological polar surface area (TPSA) is 47.6 Å². The quantitative estimate of drug-likeness (QED) is 0.479. The van der Waals surface area contributed by atoms with E-state index in [-0.39, 0.29) is 5.92 Å². The van der Waals surface area contributed by atoms with E-state index in [4.69, 9.17) is 10.5 Å². The first-order valence-electron chi connectivity index (χ1n) is 1.64. The predicted molar refractivity (Wildman–Crippen MR) is 24.7 cm³/mol. The van der Waals surface area contributed by atoms with Gasteiger partial charge in [-0.15, -0.1) is 6.58 Å². The highest BCUT2D eigenvalue weighted by molar-refractivity contribution is 5.35. The Morgan fingerprint density at radius 2 is 1.86 bits per heavy atom. The molecule has 2 heteroatoms. The largest absolute Gasteiger partial charge is 0.196 e. The van der Waals surface area contributed by atoms with Gasteiger partial charge in [-0.25, -0.2) is 0 Å². The number of allylic oxidation sites excluding steroid dienone is 1. The van der Waals surface area contributed by atoms with Crippen LogP contribution in [-0.2, 0) is 0 Å². The second-order valence-corrected chi connectivity index (χ2v) is 0.841. The molecule has 0 aromatic rings. The lowest BCUT2D eigenvalue weighted by Crippen LogP contribution is -1.77. The monoisotopic (exact) mass is 91.0 g/mol. The lowest BCUT2D eigenvalue weighted by Gasteiger charge is -1.75. The van der Waals surface area contributed by atoms with Crippen molar-refractivity contribution in [3.05, 3.63) is 18.6 Å². The maximum atomic E-state index is 7.95. The summed E-state index contributed by atoms with van der Waals surface area (Å²) in [6.07, 6.45) is 1.22. The zero-order valence-electron chi connectivity index (χ0n) is 3.68. The minimum atomic E-state index is 0.0556. The third kappa shape index (κ3) is 1.57. The number of nitrogens with zero attached hydrogens (tertiary/aromatic N) is 2. The molecule has 0 spiro atoms. The molecule has 0 aliphatic carbocycles. The lowest BCUT2D eigenvalue weighted by atomic mass is 10.2. The highest BCUT2D eigenvalue weighted by atomic mass is 14.3. The normalized spacial score (nSPS) is 6.71. The summed E-state index contributed by atoms with van der Waals surface area (Å²) in [5.41, 5.74) is 0.